The summed E-state index contributed by atoms with van der Waals surface area (Å²) in [5, 5.41) is 12.2. The maximum atomic E-state index is 10.7. The van der Waals surface area contributed by atoms with E-state index in [1.165, 1.54) is 11.6 Å². The lowest BCUT2D eigenvalue weighted by atomic mass is 10.0. The van der Waals surface area contributed by atoms with Crippen molar-refractivity contribution in [2.45, 2.75) is 19.8 Å². The molecule has 0 saturated carbocycles. The molecule has 0 radical (unpaired) electrons. The van der Waals surface area contributed by atoms with Gasteiger partial charge in [-0.15, -0.1) is 0 Å². The van der Waals surface area contributed by atoms with Gasteiger partial charge in [0.1, 0.15) is 0 Å². The van der Waals surface area contributed by atoms with Crippen molar-refractivity contribution in [1.82, 2.24) is 5.16 Å². The van der Waals surface area contributed by atoms with Crippen molar-refractivity contribution in [2.75, 3.05) is 0 Å². The van der Waals surface area contributed by atoms with Crippen LogP contribution >= 0.6 is 0 Å². The van der Waals surface area contributed by atoms with E-state index in [1.807, 2.05) is 24.3 Å². The van der Waals surface area contributed by atoms with E-state index in [1.54, 1.807) is 0 Å². The highest BCUT2D eigenvalue weighted by molar-refractivity contribution is 5.86. The minimum atomic E-state index is -1.08. The molecule has 0 saturated heterocycles. The van der Waals surface area contributed by atoms with Crippen LogP contribution < -0.4 is 0 Å². The van der Waals surface area contributed by atoms with E-state index >= 15 is 0 Å². The van der Waals surface area contributed by atoms with E-state index < -0.39 is 5.97 Å². The fourth-order valence-electron chi connectivity index (χ4n) is 1.54. The Morgan fingerprint density at radius 2 is 1.94 bits per heavy atom. The van der Waals surface area contributed by atoms with Crippen LogP contribution in [-0.4, -0.2) is 16.2 Å². The Hall–Kier alpha value is -2.10. The average molecular weight is 231 g/mol. The summed E-state index contributed by atoms with van der Waals surface area (Å²) in [6, 6.07) is 9.24. The molecule has 17 heavy (non-hydrogen) atoms. The van der Waals surface area contributed by atoms with Gasteiger partial charge in [-0.2, -0.15) is 0 Å². The van der Waals surface area contributed by atoms with E-state index in [-0.39, 0.29) is 5.69 Å². The van der Waals surface area contributed by atoms with Gasteiger partial charge in [0.25, 0.3) is 0 Å². The lowest BCUT2D eigenvalue weighted by Gasteiger charge is -2.04. The van der Waals surface area contributed by atoms with Crippen molar-refractivity contribution in [3.63, 3.8) is 0 Å². The van der Waals surface area contributed by atoms with Crippen LogP contribution in [0.2, 0.25) is 0 Å². The standard InChI is InChI=1S/C13H13NO3/c1-8(2)9-3-5-10(6-4-9)12-7-11(13(15)16)14-17-12/h3-8H,1-2H3,(H,15,16). The molecule has 0 aliphatic heterocycles. The number of nitrogens with zero attached hydrogens (tertiary/aromatic N) is 1. The topological polar surface area (TPSA) is 63.3 Å². The van der Waals surface area contributed by atoms with Gasteiger partial charge in [-0.3, -0.25) is 0 Å². The summed E-state index contributed by atoms with van der Waals surface area (Å²) in [6.07, 6.45) is 0. The summed E-state index contributed by atoms with van der Waals surface area (Å²) >= 11 is 0. The molecule has 0 unspecified atom stereocenters. The zero-order valence-corrected chi connectivity index (χ0v) is 9.68. The molecule has 0 aliphatic rings. The van der Waals surface area contributed by atoms with E-state index in [0.29, 0.717) is 11.7 Å². The number of hydrogen-bond acceptors (Lipinski definition) is 3. The first-order chi connectivity index (χ1) is 8.08. The molecule has 1 aromatic carbocycles. The molecule has 0 aliphatic carbocycles. The highest BCUT2D eigenvalue weighted by atomic mass is 16.5. The number of aromatic carboxylic acids is 1. The molecule has 0 atom stereocenters. The van der Waals surface area contributed by atoms with Crippen LogP contribution in [0.15, 0.2) is 34.9 Å². The van der Waals surface area contributed by atoms with Crippen LogP contribution in [0.25, 0.3) is 11.3 Å². The third kappa shape index (κ3) is 2.36. The van der Waals surface area contributed by atoms with Gasteiger partial charge in [-0.1, -0.05) is 43.3 Å². The van der Waals surface area contributed by atoms with Gasteiger partial charge in [0.05, 0.1) is 0 Å². The molecule has 1 aromatic heterocycles. The monoisotopic (exact) mass is 231 g/mol. The van der Waals surface area contributed by atoms with Crippen molar-refractivity contribution >= 4 is 5.97 Å². The van der Waals surface area contributed by atoms with Crippen LogP contribution in [0.5, 0.6) is 0 Å². The summed E-state index contributed by atoms with van der Waals surface area (Å²) in [5.41, 5.74) is 1.98. The van der Waals surface area contributed by atoms with Crippen LogP contribution in [0.3, 0.4) is 0 Å². The van der Waals surface area contributed by atoms with Crippen molar-refractivity contribution in [3.8, 4) is 11.3 Å². The quantitative estimate of drug-likeness (QED) is 0.881. The van der Waals surface area contributed by atoms with Crippen molar-refractivity contribution < 1.29 is 14.4 Å². The molecular weight excluding hydrogens is 218 g/mol. The van der Waals surface area contributed by atoms with E-state index in [0.717, 1.165) is 5.56 Å². The highest BCUT2D eigenvalue weighted by Gasteiger charge is 2.12. The fourth-order valence-corrected chi connectivity index (χ4v) is 1.54. The van der Waals surface area contributed by atoms with E-state index in [2.05, 4.69) is 19.0 Å². The van der Waals surface area contributed by atoms with Gasteiger partial charge in [0.15, 0.2) is 11.5 Å². The Balaban J connectivity index is 2.30. The van der Waals surface area contributed by atoms with Gasteiger partial charge in [-0.25, -0.2) is 4.79 Å². The number of carbonyl (C=O) groups is 1. The van der Waals surface area contributed by atoms with Gasteiger partial charge in [-0.05, 0) is 11.5 Å². The molecule has 4 nitrogen and oxygen atoms in total. The average Bonchev–Trinajstić information content (AvgIpc) is 2.78. The highest BCUT2D eigenvalue weighted by Crippen LogP contribution is 2.23. The summed E-state index contributed by atoms with van der Waals surface area (Å²) < 4.78 is 4.98. The second kappa shape index (κ2) is 4.41. The number of benzene rings is 1. The first kappa shape index (κ1) is 11.4. The summed E-state index contributed by atoms with van der Waals surface area (Å²) in [5.74, 6) is -0.148. The third-order valence-electron chi connectivity index (χ3n) is 2.59. The lowest BCUT2D eigenvalue weighted by Crippen LogP contribution is -1.94. The zero-order chi connectivity index (χ0) is 12.4. The minimum Gasteiger partial charge on any atom is -0.476 e. The normalized spacial score (nSPS) is 10.8. The molecule has 88 valence electrons. The van der Waals surface area contributed by atoms with Crippen molar-refractivity contribution in [3.05, 3.63) is 41.6 Å². The third-order valence-corrected chi connectivity index (χ3v) is 2.59. The smallest absolute Gasteiger partial charge is 0.358 e. The predicted octanol–water partition coefficient (Wildman–Crippen LogP) is 3.16. The number of hydrogen-bond donors (Lipinski definition) is 1. The molecule has 0 fully saturated rings. The first-order valence-electron chi connectivity index (χ1n) is 5.38. The van der Waals surface area contributed by atoms with Gasteiger partial charge in [0.2, 0.25) is 0 Å². The Morgan fingerprint density at radius 1 is 1.29 bits per heavy atom. The number of carboxylic acid groups (broad SMARTS) is 1. The SMILES string of the molecule is CC(C)c1ccc(-c2cc(C(=O)O)no2)cc1. The molecule has 2 aromatic rings. The Morgan fingerprint density at radius 3 is 2.41 bits per heavy atom. The molecule has 0 bridgehead atoms. The molecule has 0 spiro atoms. The van der Waals surface area contributed by atoms with Gasteiger partial charge < -0.3 is 9.63 Å². The maximum absolute atomic E-state index is 10.7. The number of carboxylic acids is 1. The van der Waals surface area contributed by atoms with Crippen LogP contribution in [0.4, 0.5) is 0 Å². The second-order valence-corrected chi connectivity index (χ2v) is 4.16. The maximum Gasteiger partial charge on any atom is 0.358 e. The van der Waals surface area contributed by atoms with Crippen LogP contribution in [0, 0.1) is 0 Å². The van der Waals surface area contributed by atoms with Crippen molar-refractivity contribution in [1.29, 1.82) is 0 Å². The lowest BCUT2D eigenvalue weighted by molar-refractivity contribution is 0.0686. The molecular formula is C13H13NO3. The van der Waals surface area contributed by atoms with Gasteiger partial charge >= 0.3 is 5.97 Å². The molecule has 2 rings (SSSR count). The second-order valence-electron chi connectivity index (χ2n) is 4.16. The largest absolute Gasteiger partial charge is 0.476 e. The Bertz CT molecular complexity index is 526. The summed E-state index contributed by atoms with van der Waals surface area (Å²) in [4.78, 5) is 10.7. The molecule has 1 heterocycles. The van der Waals surface area contributed by atoms with Gasteiger partial charge in [0, 0.05) is 11.6 Å². The van der Waals surface area contributed by atoms with Crippen LogP contribution in [-0.2, 0) is 0 Å². The number of rotatable bonds is 3. The molecule has 0 amide bonds. The zero-order valence-electron chi connectivity index (χ0n) is 9.68. The number of aromatic nitrogens is 1. The van der Waals surface area contributed by atoms with E-state index in [4.69, 9.17) is 9.63 Å². The van der Waals surface area contributed by atoms with Crippen LogP contribution in [0.1, 0.15) is 35.8 Å². The Kier molecular flexibility index (Phi) is 2.95. The Labute approximate surface area is 98.9 Å². The fraction of sp³-hybridized carbons (Fsp3) is 0.231. The molecule has 4 heteroatoms. The summed E-state index contributed by atoms with van der Waals surface area (Å²) in [6.45, 7) is 4.23. The predicted molar refractivity (Wildman–Crippen MR) is 63.0 cm³/mol. The van der Waals surface area contributed by atoms with Crippen molar-refractivity contribution in [2.24, 2.45) is 0 Å². The minimum absolute atomic E-state index is 0.0760. The summed E-state index contributed by atoms with van der Waals surface area (Å²) in [7, 11) is 0. The first-order valence-corrected chi connectivity index (χ1v) is 5.38. The van der Waals surface area contributed by atoms with E-state index in [9.17, 15) is 4.79 Å². The molecule has 1 N–H and O–H groups in total.